The van der Waals surface area contributed by atoms with Crippen LogP contribution in [-0.2, 0) is 6.61 Å². The van der Waals surface area contributed by atoms with Crippen molar-refractivity contribution in [1.82, 2.24) is 14.3 Å². The lowest BCUT2D eigenvalue weighted by molar-refractivity contribution is 0.0735. The summed E-state index contributed by atoms with van der Waals surface area (Å²) < 4.78 is 19.5. The normalized spacial score (nSPS) is 17.4. The molecule has 7 heteroatoms. The fourth-order valence-corrected chi connectivity index (χ4v) is 4.82. The van der Waals surface area contributed by atoms with E-state index in [4.69, 9.17) is 14.2 Å². The van der Waals surface area contributed by atoms with Crippen LogP contribution in [0.15, 0.2) is 73.1 Å². The summed E-state index contributed by atoms with van der Waals surface area (Å²) in [6.45, 7) is 2.42. The van der Waals surface area contributed by atoms with Crippen LogP contribution in [0.3, 0.4) is 0 Å². The maximum Gasteiger partial charge on any atom is 0.254 e. The molecule has 0 radical (unpaired) electrons. The summed E-state index contributed by atoms with van der Waals surface area (Å²) in [5.74, 6) is 2.29. The second-order valence-corrected chi connectivity index (χ2v) is 8.92. The Morgan fingerprint density at radius 1 is 1.00 bits per heavy atom. The van der Waals surface area contributed by atoms with Crippen molar-refractivity contribution >= 4 is 11.6 Å². The van der Waals surface area contributed by atoms with Gasteiger partial charge in [-0.2, -0.15) is 0 Å². The Hall–Kier alpha value is -4.00. The number of imidazole rings is 1. The number of amides is 1. The number of likely N-dealkylation sites (tertiary alicyclic amines) is 1. The van der Waals surface area contributed by atoms with Gasteiger partial charge in [0.25, 0.3) is 5.91 Å². The lowest BCUT2D eigenvalue weighted by atomic mass is 10.0. The first kappa shape index (κ1) is 21.5. The molecule has 4 heterocycles. The minimum absolute atomic E-state index is 0.0330. The molecule has 2 aliphatic rings. The van der Waals surface area contributed by atoms with E-state index in [9.17, 15) is 4.79 Å². The fraction of sp³-hybridized carbons (Fsp3) is 0.286. The number of benzene rings is 2. The molecule has 0 spiro atoms. The molecule has 1 amide bonds. The average Bonchev–Trinajstić information content (AvgIpc) is 3.48. The second-order valence-electron chi connectivity index (χ2n) is 8.92. The van der Waals surface area contributed by atoms with Gasteiger partial charge in [0.1, 0.15) is 18.0 Å². The highest BCUT2D eigenvalue weighted by Crippen LogP contribution is 2.38. The number of nitrogens with zero attached hydrogens (tertiary/aromatic N) is 3. The second kappa shape index (κ2) is 9.33. The summed E-state index contributed by atoms with van der Waals surface area (Å²) in [7, 11) is 0. The average molecular weight is 470 g/mol. The molecule has 35 heavy (non-hydrogen) atoms. The number of hydrogen-bond acceptors (Lipinski definition) is 5. The third-order valence-corrected chi connectivity index (χ3v) is 6.57. The summed E-state index contributed by atoms with van der Waals surface area (Å²) >= 11 is 0. The molecule has 2 aromatic heterocycles. The van der Waals surface area contributed by atoms with Crippen LogP contribution in [0, 0.1) is 0 Å². The van der Waals surface area contributed by atoms with Crippen LogP contribution >= 0.6 is 0 Å². The van der Waals surface area contributed by atoms with Crippen molar-refractivity contribution in [2.75, 3.05) is 19.8 Å². The third kappa shape index (κ3) is 4.41. The summed E-state index contributed by atoms with van der Waals surface area (Å²) in [5.41, 5.74) is 3.49. The SMILES string of the molecule is O=C(c1ccc(OCc2cn3ccccc3n2)cc1)N1CCC[C@@H]1c1ccc2c(c1)OCCCO2. The van der Waals surface area contributed by atoms with Gasteiger partial charge in [-0.15, -0.1) is 0 Å². The molecule has 2 aliphatic heterocycles. The standard InChI is InChI=1S/C28H27N3O4/c32-28(31-14-3-5-24(31)21-9-12-25-26(17-21)34-16-4-15-33-25)20-7-10-23(11-8-20)35-19-22-18-30-13-2-1-6-27(30)29-22/h1-2,6-13,17-18,24H,3-5,14-16,19H2/t24-/m1/s1. The van der Waals surface area contributed by atoms with Crippen molar-refractivity contribution < 1.29 is 19.0 Å². The highest BCUT2D eigenvalue weighted by Gasteiger charge is 2.31. The van der Waals surface area contributed by atoms with Gasteiger partial charge in [0, 0.05) is 30.9 Å². The van der Waals surface area contributed by atoms with E-state index in [2.05, 4.69) is 11.1 Å². The monoisotopic (exact) mass is 469 g/mol. The van der Waals surface area contributed by atoms with Crippen molar-refractivity contribution in [2.45, 2.75) is 31.9 Å². The quantitative estimate of drug-likeness (QED) is 0.409. The Balaban J connectivity index is 1.13. The van der Waals surface area contributed by atoms with Crippen molar-refractivity contribution in [1.29, 1.82) is 0 Å². The molecule has 1 atom stereocenters. The molecule has 7 nitrogen and oxygen atoms in total. The van der Waals surface area contributed by atoms with Crippen molar-refractivity contribution in [3.05, 3.63) is 89.9 Å². The first-order chi connectivity index (χ1) is 17.2. The van der Waals surface area contributed by atoms with Crippen molar-refractivity contribution in [3.8, 4) is 17.2 Å². The summed E-state index contributed by atoms with van der Waals surface area (Å²) in [5, 5.41) is 0. The molecule has 0 bridgehead atoms. The molecular formula is C28H27N3O4. The minimum atomic E-state index is 0.0330. The van der Waals surface area contributed by atoms with Gasteiger partial charge in [-0.25, -0.2) is 4.98 Å². The molecular weight excluding hydrogens is 442 g/mol. The van der Waals surface area contributed by atoms with E-state index >= 15 is 0 Å². The highest BCUT2D eigenvalue weighted by molar-refractivity contribution is 5.94. The predicted molar refractivity (Wildman–Crippen MR) is 131 cm³/mol. The Morgan fingerprint density at radius 2 is 1.86 bits per heavy atom. The molecule has 0 saturated carbocycles. The van der Waals surface area contributed by atoms with Crippen LogP contribution in [0.2, 0.25) is 0 Å². The molecule has 6 rings (SSSR count). The molecule has 0 N–H and O–H groups in total. The molecule has 1 saturated heterocycles. The zero-order chi connectivity index (χ0) is 23.6. The largest absolute Gasteiger partial charge is 0.490 e. The first-order valence-electron chi connectivity index (χ1n) is 12.1. The lowest BCUT2D eigenvalue weighted by Crippen LogP contribution is -2.30. The van der Waals surface area contributed by atoms with Gasteiger partial charge in [-0.05, 0) is 66.9 Å². The number of carbonyl (C=O) groups excluding carboxylic acids is 1. The number of carbonyl (C=O) groups is 1. The number of ether oxygens (including phenoxy) is 3. The molecule has 178 valence electrons. The van der Waals surface area contributed by atoms with E-state index in [1.807, 2.05) is 76.3 Å². The minimum Gasteiger partial charge on any atom is -0.490 e. The maximum absolute atomic E-state index is 13.4. The fourth-order valence-electron chi connectivity index (χ4n) is 4.82. The van der Waals surface area contributed by atoms with Gasteiger partial charge < -0.3 is 23.5 Å². The number of rotatable bonds is 5. The lowest BCUT2D eigenvalue weighted by Gasteiger charge is -2.26. The van der Waals surface area contributed by atoms with Gasteiger partial charge in [0.2, 0.25) is 0 Å². The summed E-state index contributed by atoms with van der Waals surface area (Å²) in [6, 6.07) is 19.4. The molecule has 0 unspecified atom stereocenters. The Kier molecular flexibility index (Phi) is 5.74. The highest BCUT2D eigenvalue weighted by atomic mass is 16.5. The molecule has 4 aromatic rings. The van der Waals surface area contributed by atoms with Crippen LogP contribution in [0.1, 0.15) is 46.9 Å². The smallest absolute Gasteiger partial charge is 0.254 e. The van der Waals surface area contributed by atoms with Crippen LogP contribution in [0.5, 0.6) is 17.2 Å². The van der Waals surface area contributed by atoms with Crippen LogP contribution < -0.4 is 14.2 Å². The van der Waals surface area contributed by atoms with E-state index < -0.39 is 0 Å². The Morgan fingerprint density at radius 3 is 2.71 bits per heavy atom. The zero-order valence-corrected chi connectivity index (χ0v) is 19.4. The van der Waals surface area contributed by atoms with Crippen LogP contribution in [0.25, 0.3) is 5.65 Å². The third-order valence-electron chi connectivity index (χ3n) is 6.57. The van der Waals surface area contributed by atoms with Gasteiger partial charge in [0.15, 0.2) is 11.5 Å². The number of pyridine rings is 1. The van der Waals surface area contributed by atoms with Gasteiger partial charge >= 0.3 is 0 Å². The van der Waals surface area contributed by atoms with Crippen LogP contribution in [0.4, 0.5) is 0 Å². The van der Waals surface area contributed by atoms with E-state index in [0.717, 1.165) is 54.2 Å². The molecule has 2 aromatic carbocycles. The van der Waals surface area contributed by atoms with Gasteiger partial charge in [-0.1, -0.05) is 12.1 Å². The Labute approximate surface area is 203 Å². The first-order valence-corrected chi connectivity index (χ1v) is 12.1. The number of hydrogen-bond donors (Lipinski definition) is 0. The zero-order valence-electron chi connectivity index (χ0n) is 19.4. The van der Waals surface area contributed by atoms with E-state index in [0.29, 0.717) is 31.1 Å². The molecule has 0 aliphatic carbocycles. The van der Waals surface area contributed by atoms with E-state index in [1.165, 1.54) is 0 Å². The Bertz CT molecular complexity index is 1320. The summed E-state index contributed by atoms with van der Waals surface area (Å²) in [6.07, 6.45) is 6.71. The van der Waals surface area contributed by atoms with E-state index in [1.54, 1.807) is 0 Å². The van der Waals surface area contributed by atoms with Gasteiger partial charge in [-0.3, -0.25) is 4.79 Å². The molecule has 1 fully saturated rings. The predicted octanol–water partition coefficient (Wildman–Crippen LogP) is 5.05. The maximum atomic E-state index is 13.4. The van der Waals surface area contributed by atoms with Crippen LogP contribution in [-0.4, -0.2) is 40.0 Å². The van der Waals surface area contributed by atoms with E-state index in [-0.39, 0.29) is 11.9 Å². The van der Waals surface area contributed by atoms with Crippen molar-refractivity contribution in [2.24, 2.45) is 0 Å². The summed E-state index contributed by atoms with van der Waals surface area (Å²) in [4.78, 5) is 19.9. The number of aromatic nitrogens is 2. The topological polar surface area (TPSA) is 65.3 Å². The van der Waals surface area contributed by atoms with Crippen molar-refractivity contribution in [3.63, 3.8) is 0 Å². The number of fused-ring (bicyclic) bond motifs is 2. The van der Waals surface area contributed by atoms with Gasteiger partial charge in [0.05, 0.1) is 24.9 Å².